The average molecular weight is 192 g/mol. The number of aryl methyl sites for hydroxylation is 1. The van der Waals surface area contributed by atoms with Crippen molar-refractivity contribution in [2.24, 2.45) is 0 Å². The summed E-state index contributed by atoms with van der Waals surface area (Å²) < 4.78 is 5.80. The van der Waals surface area contributed by atoms with Gasteiger partial charge in [-0.25, -0.2) is 0 Å². The minimum Gasteiger partial charge on any atom is -0.491 e. The third-order valence-electron chi connectivity index (χ3n) is 2.29. The average Bonchev–Trinajstić information content (AvgIpc) is 2.15. The molecule has 1 aromatic carbocycles. The normalized spacial score (nSPS) is 12.5. The Morgan fingerprint density at radius 2 is 2.14 bits per heavy atom. The van der Waals surface area contributed by atoms with Crippen LogP contribution in [0.15, 0.2) is 24.3 Å². The summed E-state index contributed by atoms with van der Waals surface area (Å²) in [5.41, 5.74) is 1.25. The molecule has 78 valence electrons. The van der Waals surface area contributed by atoms with Crippen molar-refractivity contribution in [3.63, 3.8) is 0 Å². The van der Waals surface area contributed by atoms with Crippen LogP contribution in [0.25, 0.3) is 0 Å². The second kappa shape index (κ2) is 5.69. The van der Waals surface area contributed by atoms with E-state index in [0.717, 1.165) is 12.2 Å². The number of hydrogen-bond acceptors (Lipinski definition) is 1. The molecule has 0 aliphatic heterocycles. The van der Waals surface area contributed by atoms with Crippen LogP contribution in [0.4, 0.5) is 0 Å². The Labute approximate surface area is 87.1 Å². The summed E-state index contributed by atoms with van der Waals surface area (Å²) in [4.78, 5) is 0. The van der Waals surface area contributed by atoms with Crippen LogP contribution in [0.2, 0.25) is 0 Å². The summed E-state index contributed by atoms with van der Waals surface area (Å²) in [6, 6.07) is 8.23. The van der Waals surface area contributed by atoms with E-state index in [4.69, 9.17) is 4.74 Å². The summed E-state index contributed by atoms with van der Waals surface area (Å²) >= 11 is 0. The molecular formula is C13H20O. The Morgan fingerprint density at radius 3 is 2.79 bits per heavy atom. The topological polar surface area (TPSA) is 9.23 Å². The molecule has 0 N–H and O–H groups in total. The molecule has 0 fully saturated rings. The fourth-order valence-electron chi connectivity index (χ4n) is 1.47. The first-order chi connectivity index (χ1) is 6.72. The van der Waals surface area contributed by atoms with Crippen LogP contribution in [0.3, 0.4) is 0 Å². The van der Waals surface area contributed by atoms with Crippen LogP contribution in [0.1, 0.15) is 38.7 Å². The van der Waals surface area contributed by atoms with E-state index < -0.39 is 0 Å². The molecule has 0 aliphatic rings. The lowest BCUT2D eigenvalue weighted by Crippen LogP contribution is -2.11. The van der Waals surface area contributed by atoms with Crippen LogP contribution < -0.4 is 4.74 Å². The summed E-state index contributed by atoms with van der Waals surface area (Å²) in [5, 5.41) is 0. The molecule has 0 bridgehead atoms. The van der Waals surface area contributed by atoms with Crippen molar-refractivity contribution in [2.75, 3.05) is 0 Å². The van der Waals surface area contributed by atoms with E-state index in [1.54, 1.807) is 0 Å². The minimum absolute atomic E-state index is 0.330. The van der Waals surface area contributed by atoms with Gasteiger partial charge in [0.25, 0.3) is 0 Å². The molecule has 1 heteroatoms. The maximum Gasteiger partial charge on any atom is 0.119 e. The van der Waals surface area contributed by atoms with Crippen molar-refractivity contribution in [2.45, 2.75) is 46.1 Å². The molecule has 1 nitrogen and oxygen atoms in total. The second-order valence-corrected chi connectivity index (χ2v) is 3.89. The Balaban J connectivity index is 2.43. The SMILES string of the molecule is CCCCC(C)Oc1cccc(C)c1. The van der Waals surface area contributed by atoms with E-state index in [-0.39, 0.29) is 0 Å². The molecule has 0 aliphatic carbocycles. The molecule has 0 saturated heterocycles. The first-order valence-corrected chi connectivity index (χ1v) is 5.45. The molecule has 14 heavy (non-hydrogen) atoms. The number of hydrogen-bond donors (Lipinski definition) is 0. The third kappa shape index (κ3) is 3.82. The van der Waals surface area contributed by atoms with Crippen LogP contribution in [0, 0.1) is 6.92 Å². The zero-order chi connectivity index (χ0) is 10.4. The van der Waals surface area contributed by atoms with Crippen LogP contribution in [0.5, 0.6) is 5.75 Å². The molecular weight excluding hydrogens is 172 g/mol. The van der Waals surface area contributed by atoms with Gasteiger partial charge in [0.05, 0.1) is 6.10 Å². The van der Waals surface area contributed by atoms with E-state index in [1.165, 1.54) is 18.4 Å². The monoisotopic (exact) mass is 192 g/mol. The second-order valence-electron chi connectivity index (χ2n) is 3.89. The van der Waals surface area contributed by atoms with Crippen molar-refractivity contribution in [3.05, 3.63) is 29.8 Å². The molecule has 1 aromatic rings. The van der Waals surface area contributed by atoms with Crippen molar-refractivity contribution in [1.82, 2.24) is 0 Å². The number of benzene rings is 1. The van der Waals surface area contributed by atoms with Crippen LogP contribution >= 0.6 is 0 Å². The largest absolute Gasteiger partial charge is 0.491 e. The highest BCUT2D eigenvalue weighted by Gasteiger charge is 2.02. The Hall–Kier alpha value is -0.980. The van der Waals surface area contributed by atoms with Gasteiger partial charge in [0, 0.05) is 0 Å². The van der Waals surface area contributed by atoms with E-state index in [9.17, 15) is 0 Å². The lowest BCUT2D eigenvalue weighted by atomic mass is 10.2. The fourth-order valence-corrected chi connectivity index (χ4v) is 1.47. The first kappa shape index (κ1) is 11.1. The lowest BCUT2D eigenvalue weighted by molar-refractivity contribution is 0.207. The summed E-state index contributed by atoms with van der Waals surface area (Å²) in [7, 11) is 0. The molecule has 0 heterocycles. The van der Waals surface area contributed by atoms with Gasteiger partial charge < -0.3 is 4.74 Å². The van der Waals surface area contributed by atoms with E-state index >= 15 is 0 Å². The predicted molar refractivity (Wildman–Crippen MR) is 60.8 cm³/mol. The van der Waals surface area contributed by atoms with Gasteiger partial charge in [0.1, 0.15) is 5.75 Å². The number of unbranched alkanes of at least 4 members (excludes halogenated alkanes) is 1. The quantitative estimate of drug-likeness (QED) is 0.686. The van der Waals surface area contributed by atoms with Crippen molar-refractivity contribution in [1.29, 1.82) is 0 Å². The van der Waals surface area contributed by atoms with Gasteiger partial charge in [-0.05, 0) is 38.0 Å². The summed E-state index contributed by atoms with van der Waals surface area (Å²) in [6.45, 7) is 6.43. The zero-order valence-corrected chi connectivity index (χ0v) is 9.42. The Morgan fingerprint density at radius 1 is 1.36 bits per heavy atom. The number of rotatable bonds is 5. The first-order valence-electron chi connectivity index (χ1n) is 5.45. The lowest BCUT2D eigenvalue weighted by Gasteiger charge is -2.14. The fraction of sp³-hybridized carbons (Fsp3) is 0.538. The van der Waals surface area contributed by atoms with Crippen LogP contribution in [-0.2, 0) is 0 Å². The van der Waals surface area contributed by atoms with Gasteiger partial charge in [-0.15, -0.1) is 0 Å². The number of ether oxygens (including phenoxy) is 1. The highest BCUT2D eigenvalue weighted by atomic mass is 16.5. The molecule has 1 rings (SSSR count). The summed E-state index contributed by atoms with van der Waals surface area (Å²) in [6.07, 6.45) is 3.95. The standard InChI is InChI=1S/C13H20O/c1-4-5-8-12(3)14-13-9-6-7-11(2)10-13/h6-7,9-10,12H,4-5,8H2,1-3H3. The molecule has 0 radical (unpaired) electrons. The molecule has 0 spiro atoms. The van der Waals surface area contributed by atoms with Gasteiger partial charge >= 0.3 is 0 Å². The Bertz CT molecular complexity index is 268. The van der Waals surface area contributed by atoms with Gasteiger partial charge in [-0.2, -0.15) is 0 Å². The van der Waals surface area contributed by atoms with Crippen molar-refractivity contribution >= 4 is 0 Å². The highest BCUT2D eigenvalue weighted by Crippen LogP contribution is 2.16. The Kier molecular flexibility index (Phi) is 4.51. The summed E-state index contributed by atoms with van der Waals surface area (Å²) in [5.74, 6) is 0.994. The van der Waals surface area contributed by atoms with Crippen molar-refractivity contribution in [3.8, 4) is 5.75 Å². The smallest absolute Gasteiger partial charge is 0.119 e. The molecule has 0 aromatic heterocycles. The van der Waals surface area contributed by atoms with Crippen molar-refractivity contribution < 1.29 is 4.74 Å². The highest BCUT2D eigenvalue weighted by molar-refractivity contribution is 5.27. The van der Waals surface area contributed by atoms with E-state index in [2.05, 4.69) is 32.9 Å². The molecule has 1 atom stereocenters. The van der Waals surface area contributed by atoms with Gasteiger partial charge in [0.2, 0.25) is 0 Å². The molecule has 0 saturated carbocycles. The molecule has 0 amide bonds. The maximum atomic E-state index is 5.80. The van der Waals surface area contributed by atoms with Gasteiger partial charge in [-0.1, -0.05) is 31.9 Å². The van der Waals surface area contributed by atoms with Crippen LogP contribution in [-0.4, -0.2) is 6.10 Å². The zero-order valence-electron chi connectivity index (χ0n) is 9.42. The van der Waals surface area contributed by atoms with Gasteiger partial charge in [-0.3, -0.25) is 0 Å². The molecule has 1 unspecified atom stereocenters. The minimum atomic E-state index is 0.330. The third-order valence-corrected chi connectivity index (χ3v) is 2.29. The van der Waals surface area contributed by atoms with Gasteiger partial charge in [0.15, 0.2) is 0 Å². The maximum absolute atomic E-state index is 5.80. The van der Waals surface area contributed by atoms with E-state index in [0.29, 0.717) is 6.10 Å². The van der Waals surface area contributed by atoms with E-state index in [1.807, 2.05) is 12.1 Å². The predicted octanol–water partition coefficient (Wildman–Crippen LogP) is 3.95.